The maximum Gasteiger partial charge on any atom is 0.257 e. The molecule has 0 spiro atoms. The third kappa shape index (κ3) is 2.35. The van der Waals surface area contributed by atoms with E-state index in [2.05, 4.69) is 5.32 Å². The van der Waals surface area contributed by atoms with Gasteiger partial charge in [-0.25, -0.2) is 0 Å². The molecule has 2 rings (SSSR count). The molecule has 5 nitrogen and oxygen atoms in total. The van der Waals surface area contributed by atoms with E-state index in [1.165, 1.54) is 0 Å². The average Bonchev–Trinajstić information content (AvgIpc) is 2.32. The van der Waals surface area contributed by atoms with Crippen LogP contribution < -0.4 is 22.5 Å². The number of benzene rings is 2. The van der Waals surface area contributed by atoms with E-state index < -0.39 is 0 Å². The summed E-state index contributed by atoms with van der Waals surface area (Å²) in [4.78, 5) is 12.0. The molecule has 0 aromatic heterocycles. The molecule has 2 aromatic rings. The minimum Gasteiger partial charge on any atom is -0.399 e. The highest BCUT2D eigenvalue weighted by molar-refractivity contribution is 6.09. The molecule has 0 aliphatic heterocycles. The van der Waals surface area contributed by atoms with Crippen molar-refractivity contribution in [3.63, 3.8) is 0 Å². The Hall–Kier alpha value is -2.69. The average molecular weight is 242 g/mol. The van der Waals surface area contributed by atoms with E-state index in [0.29, 0.717) is 28.3 Å². The lowest BCUT2D eigenvalue weighted by atomic mass is 10.1. The van der Waals surface area contributed by atoms with Crippen molar-refractivity contribution in [2.45, 2.75) is 0 Å². The number of hydrogen-bond acceptors (Lipinski definition) is 4. The van der Waals surface area contributed by atoms with Crippen molar-refractivity contribution in [1.82, 2.24) is 0 Å². The highest BCUT2D eigenvalue weighted by Crippen LogP contribution is 2.20. The maximum atomic E-state index is 12.0. The number of nitrogens with one attached hydrogen (secondary N) is 1. The molecule has 0 aliphatic rings. The van der Waals surface area contributed by atoms with Crippen LogP contribution in [0.15, 0.2) is 42.5 Å². The van der Waals surface area contributed by atoms with Crippen molar-refractivity contribution in [3.8, 4) is 0 Å². The number of carbonyl (C=O) groups excluding carboxylic acids is 1. The SMILES string of the molecule is Nc1ccc(C(=O)Nc2ccccc2N)c(N)c1. The van der Waals surface area contributed by atoms with Gasteiger partial charge in [-0.2, -0.15) is 0 Å². The number of hydrogen-bond donors (Lipinski definition) is 4. The van der Waals surface area contributed by atoms with Gasteiger partial charge in [-0.15, -0.1) is 0 Å². The summed E-state index contributed by atoms with van der Waals surface area (Å²) in [5, 5.41) is 2.70. The second-order valence-corrected chi connectivity index (χ2v) is 3.89. The summed E-state index contributed by atoms with van der Waals surface area (Å²) in [7, 11) is 0. The number of nitrogens with two attached hydrogens (primary N) is 3. The van der Waals surface area contributed by atoms with Crippen molar-refractivity contribution >= 4 is 28.7 Å². The minimum absolute atomic E-state index is 0.314. The molecule has 0 unspecified atom stereocenters. The lowest BCUT2D eigenvalue weighted by Crippen LogP contribution is -2.15. The quantitative estimate of drug-likeness (QED) is 0.601. The van der Waals surface area contributed by atoms with Gasteiger partial charge in [0, 0.05) is 11.4 Å². The Bertz CT molecular complexity index is 595. The molecule has 2 aromatic carbocycles. The highest BCUT2D eigenvalue weighted by Gasteiger charge is 2.11. The Balaban J connectivity index is 2.25. The van der Waals surface area contributed by atoms with Gasteiger partial charge in [0.1, 0.15) is 0 Å². The number of amides is 1. The highest BCUT2D eigenvalue weighted by atomic mass is 16.1. The summed E-state index contributed by atoms with van der Waals surface area (Å²) in [6, 6.07) is 11.8. The lowest BCUT2D eigenvalue weighted by molar-refractivity contribution is 0.102. The molecule has 0 bridgehead atoms. The summed E-state index contributed by atoms with van der Waals surface area (Å²) in [6.45, 7) is 0. The van der Waals surface area contributed by atoms with Crippen LogP contribution in [0.5, 0.6) is 0 Å². The van der Waals surface area contributed by atoms with Gasteiger partial charge >= 0.3 is 0 Å². The Morgan fingerprint density at radius 3 is 2.33 bits per heavy atom. The predicted octanol–water partition coefficient (Wildman–Crippen LogP) is 1.69. The molecule has 0 fully saturated rings. The zero-order valence-corrected chi connectivity index (χ0v) is 9.68. The molecular weight excluding hydrogens is 228 g/mol. The smallest absolute Gasteiger partial charge is 0.257 e. The first-order chi connectivity index (χ1) is 8.58. The van der Waals surface area contributed by atoms with Crippen LogP contribution in [0.4, 0.5) is 22.7 Å². The number of carbonyl (C=O) groups is 1. The van der Waals surface area contributed by atoms with E-state index in [1.54, 1.807) is 42.5 Å². The molecular formula is C13H14N4O. The normalized spacial score (nSPS) is 10.0. The maximum absolute atomic E-state index is 12.0. The Kier molecular flexibility index (Phi) is 3.05. The molecule has 0 saturated heterocycles. The van der Waals surface area contributed by atoms with Crippen molar-refractivity contribution in [2.24, 2.45) is 0 Å². The molecule has 0 atom stereocenters. The molecule has 0 aliphatic carbocycles. The Morgan fingerprint density at radius 2 is 1.67 bits per heavy atom. The molecule has 0 radical (unpaired) electrons. The van der Waals surface area contributed by atoms with Crippen LogP contribution in [0.2, 0.25) is 0 Å². The summed E-state index contributed by atoms with van der Waals surface area (Å²) in [5.41, 5.74) is 19.3. The molecule has 5 heteroatoms. The van der Waals surface area contributed by atoms with Crippen LogP contribution in [-0.2, 0) is 0 Å². The fourth-order valence-electron chi connectivity index (χ4n) is 1.59. The zero-order valence-electron chi connectivity index (χ0n) is 9.68. The molecule has 0 heterocycles. The lowest BCUT2D eigenvalue weighted by Gasteiger charge is -2.09. The number of nitrogen functional groups attached to an aromatic ring is 3. The van der Waals surface area contributed by atoms with Crippen LogP contribution >= 0.6 is 0 Å². The van der Waals surface area contributed by atoms with E-state index in [4.69, 9.17) is 17.2 Å². The Labute approximate surface area is 105 Å². The van der Waals surface area contributed by atoms with Gasteiger partial charge < -0.3 is 22.5 Å². The molecule has 18 heavy (non-hydrogen) atoms. The zero-order chi connectivity index (χ0) is 13.1. The first-order valence-corrected chi connectivity index (χ1v) is 5.39. The number of anilines is 4. The fourth-order valence-corrected chi connectivity index (χ4v) is 1.59. The summed E-state index contributed by atoms with van der Waals surface area (Å²) in [6.07, 6.45) is 0. The predicted molar refractivity (Wildman–Crippen MR) is 74.1 cm³/mol. The number of rotatable bonds is 2. The van der Waals surface area contributed by atoms with Gasteiger partial charge in [0.15, 0.2) is 0 Å². The van der Waals surface area contributed by atoms with E-state index in [9.17, 15) is 4.79 Å². The third-order valence-corrected chi connectivity index (χ3v) is 2.53. The van der Waals surface area contributed by atoms with E-state index in [-0.39, 0.29) is 5.91 Å². The molecule has 1 amide bonds. The molecule has 7 N–H and O–H groups in total. The first kappa shape index (κ1) is 11.8. The summed E-state index contributed by atoms with van der Waals surface area (Å²) >= 11 is 0. The van der Waals surface area contributed by atoms with E-state index in [1.807, 2.05) is 0 Å². The van der Waals surface area contributed by atoms with Crippen molar-refractivity contribution in [1.29, 1.82) is 0 Å². The van der Waals surface area contributed by atoms with Gasteiger partial charge in [0.05, 0.1) is 16.9 Å². The number of para-hydroxylation sites is 2. The van der Waals surface area contributed by atoms with Crippen LogP contribution in [0.25, 0.3) is 0 Å². The van der Waals surface area contributed by atoms with Crippen molar-refractivity contribution in [3.05, 3.63) is 48.0 Å². The van der Waals surface area contributed by atoms with Gasteiger partial charge in [0.2, 0.25) is 0 Å². The van der Waals surface area contributed by atoms with Gasteiger partial charge in [-0.1, -0.05) is 12.1 Å². The second kappa shape index (κ2) is 4.67. The first-order valence-electron chi connectivity index (χ1n) is 5.39. The van der Waals surface area contributed by atoms with E-state index >= 15 is 0 Å². The third-order valence-electron chi connectivity index (χ3n) is 2.53. The fraction of sp³-hybridized carbons (Fsp3) is 0. The van der Waals surface area contributed by atoms with Crippen LogP contribution in [0.3, 0.4) is 0 Å². The van der Waals surface area contributed by atoms with Crippen LogP contribution in [0.1, 0.15) is 10.4 Å². The largest absolute Gasteiger partial charge is 0.399 e. The minimum atomic E-state index is -0.314. The van der Waals surface area contributed by atoms with Crippen molar-refractivity contribution in [2.75, 3.05) is 22.5 Å². The van der Waals surface area contributed by atoms with Gasteiger partial charge in [-0.05, 0) is 30.3 Å². The van der Waals surface area contributed by atoms with Gasteiger partial charge in [-0.3, -0.25) is 4.79 Å². The second-order valence-electron chi connectivity index (χ2n) is 3.89. The molecule has 0 saturated carbocycles. The monoisotopic (exact) mass is 242 g/mol. The van der Waals surface area contributed by atoms with E-state index in [0.717, 1.165) is 0 Å². The van der Waals surface area contributed by atoms with Crippen LogP contribution in [0, 0.1) is 0 Å². The van der Waals surface area contributed by atoms with Gasteiger partial charge in [0.25, 0.3) is 5.91 Å². The summed E-state index contributed by atoms with van der Waals surface area (Å²) < 4.78 is 0. The standard InChI is InChI=1S/C13H14N4O/c14-8-5-6-9(11(16)7-8)13(18)17-12-4-2-1-3-10(12)15/h1-7H,14-16H2,(H,17,18). The van der Waals surface area contributed by atoms with Crippen LogP contribution in [-0.4, -0.2) is 5.91 Å². The summed E-state index contributed by atoms with van der Waals surface area (Å²) in [5.74, 6) is -0.314. The topological polar surface area (TPSA) is 107 Å². The van der Waals surface area contributed by atoms with Crippen molar-refractivity contribution < 1.29 is 4.79 Å². The Morgan fingerprint density at radius 1 is 0.944 bits per heavy atom. The molecule has 92 valence electrons.